The molecule has 0 radical (unpaired) electrons. The van der Waals surface area contributed by atoms with E-state index in [1.54, 1.807) is 22.7 Å². The van der Waals surface area contributed by atoms with Crippen molar-refractivity contribution in [2.75, 3.05) is 12.4 Å². The fraction of sp³-hybridized carbons (Fsp3) is 0.136. The number of pyridine rings is 1. The fourth-order valence-corrected chi connectivity index (χ4v) is 3.40. The van der Waals surface area contributed by atoms with Gasteiger partial charge in [-0.15, -0.1) is 0 Å². The van der Waals surface area contributed by atoms with E-state index in [9.17, 15) is 18.4 Å². The van der Waals surface area contributed by atoms with E-state index in [1.807, 2.05) is 0 Å². The Kier molecular flexibility index (Phi) is 5.43. The van der Waals surface area contributed by atoms with Gasteiger partial charge in [-0.25, -0.2) is 9.07 Å². The molecule has 0 aliphatic carbocycles. The summed E-state index contributed by atoms with van der Waals surface area (Å²) >= 11 is 0. The van der Waals surface area contributed by atoms with Crippen LogP contribution in [0.2, 0.25) is 0 Å². The minimum Gasteiger partial charge on any atom is -0.497 e. The first-order chi connectivity index (χ1) is 15.3. The molecule has 4 aromatic rings. The van der Waals surface area contributed by atoms with Crippen LogP contribution in [0, 0.1) is 5.82 Å². The number of ether oxygens (including phenoxy) is 1. The van der Waals surface area contributed by atoms with Gasteiger partial charge < -0.3 is 14.5 Å². The highest BCUT2D eigenvalue weighted by molar-refractivity contribution is 6.16. The lowest BCUT2D eigenvalue weighted by atomic mass is 10.1. The molecule has 1 aromatic carbocycles. The number of nitrogens with zero attached hydrogens (tertiary/aromatic N) is 3. The molecule has 0 bridgehead atoms. The first-order valence-electron chi connectivity index (χ1n) is 9.42. The molecule has 0 aliphatic heterocycles. The maximum atomic E-state index is 15.1. The van der Waals surface area contributed by atoms with E-state index in [0.29, 0.717) is 15.9 Å². The van der Waals surface area contributed by atoms with Crippen LogP contribution >= 0.6 is 0 Å². The van der Waals surface area contributed by atoms with Crippen molar-refractivity contribution in [1.29, 1.82) is 0 Å². The van der Waals surface area contributed by atoms with Crippen molar-refractivity contribution in [3.05, 3.63) is 72.1 Å². The van der Waals surface area contributed by atoms with E-state index >= 15 is 4.39 Å². The summed E-state index contributed by atoms with van der Waals surface area (Å²) in [5.74, 6) is -1.39. The van der Waals surface area contributed by atoms with Crippen LogP contribution in [0.15, 0.2) is 55.1 Å². The average Bonchev–Trinajstić information content (AvgIpc) is 3.40. The summed E-state index contributed by atoms with van der Waals surface area (Å²) in [5, 5.41) is 5.99. The van der Waals surface area contributed by atoms with Gasteiger partial charge in [-0.2, -0.15) is 13.9 Å². The van der Waals surface area contributed by atoms with Gasteiger partial charge in [0.25, 0.3) is 5.91 Å². The SMILES string of the molecule is COc1ccn2cc(C(C)=O)c(C(=O)Nc3cccc(-c4cnn(C(F)F)c4)c3F)c2c1. The van der Waals surface area contributed by atoms with Crippen LogP contribution in [-0.4, -0.2) is 33.0 Å². The molecule has 0 spiro atoms. The number of carbonyl (C=O) groups excluding carboxylic acids is 2. The Hall–Kier alpha value is -4.08. The highest BCUT2D eigenvalue weighted by Gasteiger charge is 2.23. The predicted octanol–water partition coefficient (Wildman–Crippen LogP) is 4.80. The summed E-state index contributed by atoms with van der Waals surface area (Å²) in [4.78, 5) is 25.2. The molecule has 4 rings (SSSR count). The molecule has 10 heteroatoms. The number of amides is 1. The first-order valence-corrected chi connectivity index (χ1v) is 9.42. The zero-order valence-electron chi connectivity index (χ0n) is 17.0. The lowest BCUT2D eigenvalue weighted by Crippen LogP contribution is -2.15. The molecule has 0 unspecified atom stereocenters. The molecular formula is C22H17F3N4O3. The van der Waals surface area contributed by atoms with Crippen molar-refractivity contribution in [3.63, 3.8) is 0 Å². The Balaban J connectivity index is 1.74. The number of benzene rings is 1. The van der Waals surface area contributed by atoms with E-state index in [4.69, 9.17) is 4.74 Å². The summed E-state index contributed by atoms with van der Waals surface area (Å²) in [5.41, 5.74) is 0.570. The van der Waals surface area contributed by atoms with E-state index in [2.05, 4.69) is 10.4 Å². The van der Waals surface area contributed by atoms with Gasteiger partial charge >= 0.3 is 6.55 Å². The Bertz CT molecular complexity index is 1340. The number of alkyl halides is 2. The molecule has 3 aromatic heterocycles. The molecule has 0 saturated heterocycles. The minimum absolute atomic E-state index is 0.00935. The first kappa shape index (κ1) is 21.2. The van der Waals surface area contributed by atoms with Crippen LogP contribution in [-0.2, 0) is 0 Å². The second-order valence-electron chi connectivity index (χ2n) is 6.94. The number of fused-ring (bicyclic) bond motifs is 1. The van der Waals surface area contributed by atoms with Crippen molar-refractivity contribution in [1.82, 2.24) is 14.2 Å². The van der Waals surface area contributed by atoms with Gasteiger partial charge in [-0.1, -0.05) is 12.1 Å². The quantitative estimate of drug-likeness (QED) is 0.435. The van der Waals surface area contributed by atoms with Gasteiger partial charge in [-0.05, 0) is 19.1 Å². The third-order valence-electron chi connectivity index (χ3n) is 4.95. The Morgan fingerprint density at radius 1 is 1.19 bits per heavy atom. The summed E-state index contributed by atoms with van der Waals surface area (Å²) in [6.45, 7) is -1.54. The number of hydrogen-bond acceptors (Lipinski definition) is 4. The standard InChI is InChI=1S/C22H17F3N4O3/c1-12(30)16-11-28-7-6-14(32-2)8-18(28)19(16)21(31)27-17-5-3-4-15(20(17)23)13-9-26-29(10-13)22(24)25/h3-11,22H,1-2H3,(H,27,31). The number of hydrogen-bond donors (Lipinski definition) is 1. The van der Waals surface area contributed by atoms with Gasteiger partial charge in [-0.3, -0.25) is 9.59 Å². The summed E-state index contributed by atoms with van der Waals surface area (Å²) in [7, 11) is 1.47. The van der Waals surface area contributed by atoms with E-state index in [0.717, 1.165) is 12.4 Å². The zero-order chi connectivity index (χ0) is 23.0. The second-order valence-corrected chi connectivity index (χ2v) is 6.94. The number of halogens is 3. The Morgan fingerprint density at radius 3 is 2.62 bits per heavy atom. The van der Waals surface area contributed by atoms with Crippen LogP contribution in [0.3, 0.4) is 0 Å². The van der Waals surface area contributed by atoms with E-state index in [1.165, 1.54) is 38.4 Å². The van der Waals surface area contributed by atoms with Crippen LogP contribution in [0.1, 0.15) is 34.2 Å². The van der Waals surface area contributed by atoms with E-state index in [-0.39, 0.29) is 33.7 Å². The molecule has 7 nitrogen and oxygen atoms in total. The number of Topliss-reactive ketones (excluding diaryl/α,β-unsaturated/α-hetero) is 1. The third kappa shape index (κ3) is 3.70. The number of aromatic nitrogens is 3. The second kappa shape index (κ2) is 8.22. The van der Waals surface area contributed by atoms with Gasteiger partial charge in [0.2, 0.25) is 0 Å². The van der Waals surface area contributed by atoms with Crippen molar-refractivity contribution in [2.45, 2.75) is 13.5 Å². The molecule has 0 fully saturated rings. The Labute approximate surface area is 180 Å². The fourth-order valence-electron chi connectivity index (χ4n) is 3.40. The van der Waals surface area contributed by atoms with Crippen LogP contribution in [0.25, 0.3) is 16.6 Å². The normalized spacial score (nSPS) is 11.2. The summed E-state index contributed by atoms with van der Waals surface area (Å²) in [6, 6.07) is 7.45. The predicted molar refractivity (Wildman–Crippen MR) is 111 cm³/mol. The smallest absolute Gasteiger partial charge is 0.333 e. The van der Waals surface area contributed by atoms with Gasteiger partial charge in [0.15, 0.2) is 11.6 Å². The minimum atomic E-state index is -2.86. The maximum absolute atomic E-state index is 15.1. The van der Waals surface area contributed by atoms with Crippen LogP contribution in [0.4, 0.5) is 18.9 Å². The molecule has 0 saturated carbocycles. The van der Waals surface area contributed by atoms with Gasteiger partial charge in [0.05, 0.1) is 30.1 Å². The number of methoxy groups -OCH3 is 1. The molecule has 3 heterocycles. The lowest BCUT2D eigenvalue weighted by Gasteiger charge is -2.10. The number of nitrogens with one attached hydrogen (secondary N) is 1. The maximum Gasteiger partial charge on any atom is 0.333 e. The molecular weight excluding hydrogens is 425 g/mol. The topological polar surface area (TPSA) is 77.6 Å². The van der Waals surface area contributed by atoms with Gasteiger partial charge in [0.1, 0.15) is 5.75 Å². The number of carbonyl (C=O) groups is 2. The van der Waals surface area contributed by atoms with Gasteiger partial charge in [0, 0.05) is 41.3 Å². The number of anilines is 1. The zero-order valence-corrected chi connectivity index (χ0v) is 17.0. The summed E-state index contributed by atoms with van der Waals surface area (Å²) in [6.07, 6.45) is 5.27. The Morgan fingerprint density at radius 2 is 1.97 bits per heavy atom. The molecule has 0 atom stereocenters. The third-order valence-corrected chi connectivity index (χ3v) is 4.95. The largest absolute Gasteiger partial charge is 0.497 e. The molecule has 1 amide bonds. The van der Waals surface area contributed by atoms with Crippen LogP contribution < -0.4 is 10.1 Å². The molecule has 164 valence electrons. The van der Waals surface area contributed by atoms with Crippen molar-refractivity contribution in [2.24, 2.45) is 0 Å². The molecule has 32 heavy (non-hydrogen) atoms. The lowest BCUT2D eigenvalue weighted by molar-refractivity contribution is 0.0566. The van der Waals surface area contributed by atoms with Crippen molar-refractivity contribution < 1.29 is 27.5 Å². The average molecular weight is 442 g/mol. The number of ketones is 1. The number of rotatable bonds is 6. The summed E-state index contributed by atoms with van der Waals surface area (Å²) < 4.78 is 47.9. The highest BCUT2D eigenvalue weighted by Crippen LogP contribution is 2.30. The van der Waals surface area contributed by atoms with Crippen molar-refractivity contribution >= 4 is 22.9 Å². The van der Waals surface area contributed by atoms with Crippen molar-refractivity contribution in [3.8, 4) is 16.9 Å². The molecule has 0 aliphatic rings. The van der Waals surface area contributed by atoms with Crippen LogP contribution in [0.5, 0.6) is 5.75 Å². The molecule has 1 N–H and O–H groups in total. The highest BCUT2D eigenvalue weighted by atomic mass is 19.3. The monoisotopic (exact) mass is 442 g/mol. The van der Waals surface area contributed by atoms with E-state index < -0.39 is 18.3 Å².